The van der Waals surface area contributed by atoms with E-state index in [1.807, 2.05) is 6.92 Å². The van der Waals surface area contributed by atoms with E-state index in [1.54, 1.807) is 0 Å². The second-order valence-electron chi connectivity index (χ2n) is 6.47. The van der Waals surface area contributed by atoms with Crippen molar-refractivity contribution in [3.63, 3.8) is 0 Å². The van der Waals surface area contributed by atoms with Gasteiger partial charge >= 0.3 is 0 Å². The zero-order chi connectivity index (χ0) is 12.4. The molecule has 0 unspecified atom stereocenters. The Morgan fingerprint density at radius 1 is 1.06 bits per heavy atom. The van der Waals surface area contributed by atoms with Crippen LogP contribution >= 0.6 is 15.9 Å². The topological polar surface area (TPSA) is 23.5 Å². The zero-order valence-corrected chi connectivity index (χ0v) is 12.6. The van der Waals surface area contributed by atoms with E-state index >= 15 is 0 Å². The lowest BCUT2D eigenvalue weighted by atomic mass is 9.75. The van der Waals surface area contributed by atoms with Crippen molar-refractivity contribution in [3.8, 4) is 0 Å². The lowest BCUT2D eigenvalue weighted by molar-refractivity contribution is -0.0172. The molecule has 2 rings (SSSR count). The molecule has 2 fully saturated rings. The smallest absolute Gasteiger partial charge is 0.0644 e. The molecule has 0 radical (unpaired) electrons. The molecular weight excluding hydrogens is 278 g/mol. The molecule has 0 aromatic rings. The highest BCUT2D eigenvalue weighted by Crippen LogP contribution is 2.39. The fraction of sp³-hybridized carbons (Fsp3) is 1.00. The molecule has 1 heterocycles. The average molecular weight is 304 g/mol. The monoisotopic (exact) mass is 303 g/mol. The van der Waals surface area contributed by atoms with Crippen molar-refractivity contribution < 1.29 is 5.11 Å². The van der Waals surface area contributed by atoms with Crippen LogP contribution < -0.4 is 0 Å². The summed E-state index contributed by atoms with van der Waals surface area (Å²) in [6.45, 7) is 5.35. The van der Waals surface area contributed by atoms with Crippen LogP contribution in [0.3, 0.4) is 0 Å². The highest BCUT2D eigenvalue weighted by atomic mass is 79.9. The lowest BCUT2D eigenvalue weighted by Crippen LogP contribution is -2.47. The Balaban J connectivity index is 1.87. The Morgan fingerprint density at radius 3 is 2.18 bits per heavy atom. The second-order valence-corrected chi connectivity index (χ2v) is 7.03. The number of aliphatic hydroxyl groups is 1. The van der Waals surface area contributed by atoms with Crippen LogP contribution in [0, 0.1) is 5.41 Å². The maximum Gasteiger partial charge on any atom is 0.0644 e. The molecule has 0 amide bonds. The van der Waals surface area contributed by atoms with E-state index in [2.05, 4.69) is 20.8 Å². The van der Waals surface area contributed by atoms with E-state index in [-0.39, 0.29) is 0 Å². The van der Waals surface area contributed by atoms with Crippen LogP contribution in [0.5, 0.6) is 0 Å². The van der Waals surface area contributed by atoms with Gasteiger partial charge in [-0.2, -0.15) is 0 Å². The first-order chi connectivity index (χ1) is 8.05. The predicted molar refractivity (Wildman–Crippen MR) is 75.6 cm³/mol. The Labute approximate surface area is 114 Å². The van der Waals surface area contributed by atoms with Crippen LogP contribution in [0.1, 0.15) is 51.9 Å². The fourth-order valence-corrected chi connectivity index (χ4v) is 4.04. The molecular formula is C14H26BrNO. The maximum absolute atomic E-state index is 9.98. The first-order valence-electron chi connectivity index (χ1n) is 7.06. The molecule has 1 aliphatic heterocycles. The van der Waals surface area contributed by atoms with Gasteiger partial charge in [-0.05, 0) is 38.0 Å². The van der Waals surface area contributed by atoms with Crippen LogP contribution in [-0.4, -0.2) is 40.6 Å². The molecule has 1 N–H and O–H groups in total. The molecule has 1 saturated carbocycles. The van der Waals surface area contributed by atoms with Gasteiger partial charge in [0.25, 0.3) is 0 Å². The molecule has 0 aromatic carbocycles. The van der Waals surface area contributed by atoms with Gasteiger partial charge in [-0.1, -0.05) is 35.2 Å². The van der Waals surface area contributed by atoms with Crippen molar-refractivity contribution >= 4 is 15.9 Å². The number of piperidine rings is 1. The highest BCUT2D eigenvalue weighted by Gasteiger charge is 2.35. The number of rotatable bonds is 3. The molecule has 1 saturated heterocycles. The number of halogens is 1. The van der Waals surface area contributed by atoms with E-state index in [0.717, 1.165) is 31.3 Å². The summed E-state index contributed by atoms with van der Waals surface area (Å²) < 4.78 is 0. The molecule has 3 heteroatoms. The lowest BCUT2D eigenvalue weighted by Gasteiger charge is -2.43. The van der Waals surface area contributed by atoms with Gasteiger partial charge in [0.1, 0.15) is 0 Å². The average Bonchev–Trinajstić information content (AvgIpc) is 2.33. The van der Waals surface area contributed by atoms with Crippen LogP contribution in [-0.2, 0) is 0 Å². The Kier molecular flexibility index (Phi) is 4.54. The van der Waals surface area contributed by atoms with Crippen molar-refractivity contribution in [2.45, 2.75) is 57.5 Å². The molecule has 17 heavy (non-hydrogen) atoms. The number of alkyl halides is 1. The summed E-state index contributed by atoms with van der Waals surface area (Å²) in [5.41, 5.74) is 0.103. The predicted octanol–water partition coefficient (Wildman–Crippen LogP) is 3.18. The normalized spacial score (nSPS) is 29.1. The van der Waals surface area contributed by atoms with Gasteiger partial charge in [0.05, 0.1) is 5.60 Å². The van der Waals surface area contributed by atoms with Gasteiger partial charge in [-0.15, -0.1) is 0 Å². The van der Waals surface area contributed by atoms with Crippen molar-refractivity contribution in [1.29, 1.82) is 0 Å². The minimum absolute atomic E-state index is 0.412. The third-order valence-corrected chi connectivity index (χ3v) is 5.88. The van der Waals surface area contributed by atoms with Gasteiger partial charge in [0.15, 0.2) is 0 Å². The quantitative estimate of drug-likeness (QED) is 0.810. The number of hydrogen-bond donors (Lipinski definition) is 1. The molecule has 2 aliphatic rings. The van der Waals surface area contributed by atoms with Gasteiger partial charge in [-0.3, -0.25) is 0 Å². The van der Waals surface area contributed by atoms with E-state index in [4.69, 9.17) is 0 Å². The van der Waals surface area contributed by atoms with E-state index in [0.29, 0.717) is 5.41 Å². The number of likely N-dealkylation sites (tertiary alicyclic amines) is 1. The summed E-state index contributed by atoms with van der Waals surface area (Å²) in [5.74, 6) is 0. The van der Waals surface area contributed by atoms with Gasteiger partial charge in [0.2, 0.25) is 0 Å². The van der Waals surface area contributed by atoms with Crippen LogP contribution in [0.4, 0.5) is 0 Å². The summed E-state index contributed by atoms with van der Waals surface area (Å²) in [4.78, 5) is 2.57. The largest absolute Gasteiger partial charge is 0.390 e. The molecule has 1 aliphatic carbocycles. The van der Waals surface area contributed by atoms with E-state index in [1.165, 1.54) is 38.6 Å². The molecule has 0 spiro atoms. The fourth-order valence-electron chi connectivity index (χ4n) is 3.30. The summed E-state index contributed by atoms with van der Waals surface area (Å²) in [7, 11) is 0. The second kappa shape index (κ2) is 5.58. The Hall–Kier alpha value is 0.400. The SMILES string of the molecule is CC1(O)CCN(CC2(CBr)CCCCC2)CC1. The van der Waals surface area contributed by atoms with Gasteiger partial charge < -0.3 is 10.0 Å². The molecule has 0 atom stereocenters. The van der Waals surface area contributed by atoms with Crippen LogP contribution in [0.2, 0.25) is 0 Å². The van der Waals surface area contributed by atoms with Crippen molar-refractivity contribution in [2.75, 3.05) is 25.0 Å². The minimum atomic E-state index is -0.412. The highest BCUT2D eigenvalue weighted by molar-refractivity contribution is 9.09. The van der Waals surface area contributed by atoms with Gasteiger partial charge in [-0.25, -0.2) is 0 Å². The summed E-state index contributed by atoms with van der Waals surface area (Å²) >= 11 is 3.74. The number of hydrogen-bond acceptors (Lipinski definition) is 2. The number of nitrogens with zero attached hydrogens (tertiary/aromatic N) is 1. The molecule has 100 valence electrons. The first-order valence-corrected chi connectivity index (χ1v) is 8.18. The Morgan fingerprint density at radius 2 is 1.65 bits per heavy atom. The summed E-state index contributed by atoms with van der Waals surface area (Å²) in [6, 6.07) is 0. The third-order valence-electron chi connectivity index (χ3n) is 4.69. The summed E-state index contributed by atoms with van der Waals surface area (Å²) in [6.07, 6.45) is 8.85. The van der Waals surface area contributed by atoms with E-state index < -0.39 is 5.60 Å². The van der Waals surface area contributed by atoms with Crippen LogP contribution in [0.25, 0.3) is 0 Å². The molecule has 0 aromatic heterocycles. The minimum Gasteiger partial charge on any atom is -0.390 e. The standard InChI is InChI=1S/C14H26BrNO/c1-13(17)7-9-16(10-8-13)12-14(11-15)5-3-2-4-6-14/h17H,2-12H2,1H3. The zero-order valence-electron chi connectivity index (χ0n) is 11.1. The van der Waals surface area contributed by atoms with Crippen molar-refractivity contribution in [3.05, 3.63) is 0 Å². The molecule has 2 nitrogen and oxygen atoms in total. The van der Waals surface area contributed by atoms with Crippen molar-refractivity contribution in [2.24, 2.45) is 5.41 Å². The van der Waals surface area contributed by atoms with Gasteiger partial charge in [0, 0.05) is 25.0 Å². The maximum atomic E-state index is 9.98. The Bertz CT molecular complexity index is 239. The van der Waals surface area contributed by atoms with E-state index in [9.17, 15) is 5.11 Å². The summed E-state index contributed by atoms with van der Waals surface area (Å²) in [5, 5.41) is 11.1. The molecule has 0 bridgehead atoms. The van der Waals surface area contributed by atoms with Crippen molar-refractivity contribution in [1.82, 2.24) is 4.90 Å². The van der Waals surface area contributed by atoms with Crippen LogP contribution in [0.15, 0.2) is 0 Å². The first kappa shape index (κ1) is 13.8. The third kappa shape index (κ3) is 3.68.